The molecule has 3 amide bonds. The molecule has 10 heteroatoms. The third kappa shape index (κ3) is 6.15. The molecule has 0 aliphatic heterocycles. The number of aromatic nitrogens is 3. The second kappa shape index (κ2) is 11.5. The van der Waals surface area contributed by atoms with Gasteiger partial charge in [-0.25, -0.2) is 4.79 Å². The lowest BCUT2D eigenvalue weighted by atomic mass is 10.3. The molecule has 0 unspecified atom stereocenters. The van der Waals surface area contributed by atoms with E-state index in [-0.39, 0.29) is 5.75 Å². The second-order valence-electron chi connectivity index (χ2n) is 6.10. The van der Waals surface area contributed by atoms with Gasteiger partial charge in [0.1, 0.15) is 0 Å². The van der Waals surface area contributed by atoms with Crippen molar-refractivity contribution in [3.8, 4) is 16.4 Å². The molecule has 2 heterocycles. The molecule has 30 heavy (non-hydrogen) atoms. The summed E-state index contributed by atoms with van der Waals surface area (Å²) >= 11 is 2.80. The summed E-state index contributed by atoms with van der Waals surface area (Å²) in [5.41, 5.74) is 0.904. The highest BCUT2D eigenvalue weighted by Gasteiger charge is 2.18. The van der Waals surface area contributed by atoms with E-state index in [1.165, 1.54) is 11.8 Å². The molecule has 1 aromatic carbocycles. The molecule has 0 aliphatic carbocycles. The Morgan fingerprint density at radius 1 is 1.17 bits per heavy atom. The van der Waals surface area contributed by atoms with Crippen molar-refractivity contribution in [3.63, 3.8) is 0 Å². The maximum absolute atomic E-state index is 12.2. The van der Waals surface area contributed by atoms with Crippen molar-refractivity contribution in [2.45, 2.75) is 18.5 Å². The number of amides is 3. The van der Waals surface area contributed by atoms with E-state index in [0.717, 1.165) is 10.6 Å². The number of para-hydroxylation sites is 1. The maximum atomic E-state index is 12.2. The predicted molar refractivity (Wildman–Crippen MR) is 118 cm³/mol. The van der Waals surface area contributed by atoms with Crippen LogP contribution in [-0.4, -0.2) is 52.2 Å². The van der Waals surface area contributed by atoms with Crippen molar-refractivity contribution in [1.82, 2.24) is 25.4 Å². The maximum Gasteiger partial charge on any atom is 0.321 e. The molecular formula is C20H23N5O3S2. The number of benzene rings is 1. The second-order valence-corrected chi connectivity index (χ2v) is 7.99. The van der Waals surface area contributed by atoms with E-state index in [1.54, 1.807) is 11.3 Å². The largest absolute Gasteiger partial charge is 0.382 e. The van der Waals surface area contributed by atoms with Gasteiger partial charge in [0.2, 0.25) is 5.91 Å². The third-order valence-corrected chi connectivity index (χ3v) is 5.72. The Bertz CT molecular complexity index is 945. The number of hydrogen-bond donors (Lipinski definition) is 2. The average molecular weight is 446 g/mol. The number of carbonyl (C=O) groups is 2. The Kier molecular flexibility index (Phi) is 8.42. The summed E-state index contributed by atoms with van der Waals surface area (Å²) in [5.74, 6) is 0.357. The lowest BCUT2D eigenvalue weighted by Gasteiger charge is -2.09. The number of thioether (sulfide) groups is 1. The normalized spacial score (nSPS) is 10.7. The summed E-state index contributed by atoms with van der Waals surface area (Å²) in [5, 5.41) is 16.1. The van der Waals surface area contributed by atoms with Crippen LogP contribution in [0.3, 0.4) is 0 Å². The van der Waals surface area contributed by atoms with Gasteiger partial charge in [-0.1, -0.05) is 36.0 Å². The first-order chi connectivity index (χ1) is 14.7. The third-order valence-electron chi connectivity index (χ3n) is 3.93. The first kappa shape index (κ1) is 22.0. The lowest BCUT2D eigenvalue weighted by Crippen LogP contribution is -2.40. The van der Waals surface area contributed by atoms with Gasteiger partial charge in [0.15, 0.2) is 11.0 Å². The first-order valence-corrected chi connectivity index (χ1v) is 11.4. The number of ether oxygens (including phenoxy) is 1. The van der Waals surface area contributed by atoms with Gasteiger partial charge in [-0.15, -0.1) is 21.5 Å². The van der Waals surface area contributed by atoms with Crippen molar-refractivity contribution in [2.75, 3.05) is 25.5 Å². The Morgan fingerprint density at radius 3 is 2.73 bits per heavy atom. The highest BCUT2D eigenvalue weighted by molar-refractivity contribution is 7.99. The van der Waals surface area contributed by atoms with Crippen LogP contribution >= 0.6 is 23.1 Å². The minimum absolute atomic E-state index is 0.0434. The molecule has 0 fully saturated rings. The summed E-state index contributed by atoms with van der Waals surface area (Å²) in [7, 11) is 0. The molecule has 0 atom stereocenters. The Labute approximate surface area is 183 Å². The molecule has 3 aromatic rings. The minimum atomic E-state index is -0.513. The van der Waals surface area contributed by atoms with Crippen LogP contribution in [0.15, 0.2) is 53.0 Å². The molecule has 8 nitrogen and oxygen atoms in total. The van der Waals surface area contributed by atoms with E-state index >= 15 is 0 Å². The predicted octanol–water partition coefficient (Wildman–Crippen LogP) is 3.34. The Hall–Kier alpha value is -2.69. The van der Waals surface area contributed by atoms with Crippen LogP contribution in [0.4, 0.5) is 4.79 Å². The van der Waals surface area contributed by atoms with Gasteiger partial charge in [-0.3, -0.25) is 14.7 Å². The molecule has 0 aliphatic rings. The molecule has 0 saturated carbocycles. The van der Waals surface area contributed by atoms with Crippen LogP contribution in [0.1, 0.15) is 13.3 Å². The molecule has 2 aromatic heterocycles. The smallest absolute Gasteiger partial charge is 0.321 e. The van der Waals surface area contributed by atoms with Crippen molar-refractivity contribution in [2.24, 2.45) is 0 Å². The molecule has 0 bridgehead atoms. The van der Waals surface area contributed by atoms with Crippen LogP contribution in [0.5, 0.6) is 0 Å². The van der Waals surface area contributed by atoms with Crippen LogP contribution in [0.2, 0.25) is 0 Å². The number of urea groups is 1. The first-order valence-electron chi connectivity index (χ1n) is 9.52. The molecule has 0 spiro atoms. The van der Waals surface area contributed by atoms with E-state index in [0.29, 0.717) is 37.2 Å². The van der Waals surface area contributed by atoms with E-state index in [9.17, 15) is 9.59 Å². The number of imide groups is 1. The van der Waals surface area contributed by atoms with E-state index in [4.69, 9.17) is 4.74 Å². The molecule has 3 rings (SSSR count). The molecule has 158 valence electrons. The van der Waals surface area contributed by atoms with Crippen molar-refractivity contribution >= 4 is 35.0 Å². The standard InChI is InChI=1S/C20H23N5O3S2/c1-2-28-12-7-11-21-19(27)22-17(26)14-30-20-24-23-18(16-10-6-13-29-16)25(20)15-8-4-3-5-9-15/h3-6,8-10,13H,2,7,11-12,14H2,1H3,(H2,21,22,26,27). The number of carbonyl (C=O) groups excluding carboxylic acids is 2. The fraction of sp³-hybridized carbons (Fsp3) is 0.300. The quantitative estimate of drug-likeness (QED) is 0.367. The summed E-state index contributed by atoms with van der Waals surface area (Å²) in [4.78, 5) is 25.0. The monoisotopic (exact) mass is 445 g/mol. The SMILES string of the molecule is CCOCCCNC(=O)NC(=O)CSc1nnc(-c2cccs2)n1-c1ccccc1. The van der Waals surface area contributed by atoms with Crippen LogP contribution < -0.4 is 10.6 Å². The summed E-state index contributed by atoms with van der Waals surface area (Å²) in [6.07, 6.45) is 0.690. The van der Waals surface area contributed by atoms with E-state index in [1.807, 2.05) is 59.3 Å². The van der Waals surface area contributed by atoms with Gasteiger partial charge in [0.25, 0.3) is 0 Å². The van der Waals surface area contributed by atoms with Crippen molar-refractivity contribution < 1.29 is 14.3 Å². The highest BCUT2D eigenvalue weighted by Crippen LogP contribution is 2.30. The Morgan fingerprint density at radius 2 is 2.00 bits per heavy atom. The molecule has 0 saturated heterocycles. The van der Waals surface area contributed by atoms with Crippen molar-refractivity contribution in [3.05, 3.63) is 47.8 Å². The number of hydrogen-bond acceptors (Lipinski definition) is 7. The topological polar surface area (TPSA) is 98.1 Å². The molecule has 0 radical (unpaired) electrons. The number of thiophene rings is 1. The van der Waals surface area contributed by atoms with Gasteiger partial charge < -0.3 is 10.1 Å². The fourth-order valence-electron chi connectivity index (χ4n) is 2.60. The van der Waals surface area contributed by atoms with Gasteiger partial charge in [-0.2, -0.15) is 0 Å². The average Bonchev–Trinajstić information content (AvgIpc) is 3.42. The van der Waals surface area contributed by atoms with Crippen LogP contribution in [-0.2, 0) is 9.53 Å². The van der Waals surface area contributed by atoms with Gasteiger partial charge in [0, 0.05) is 25.4 Å². The number of nitrogens with one attached hydrogen (secondary N) is 2. The summed E-state index contributed by atoms with van der Waals surface area (Å²) in [6.45, 7) is 3.57. The number of rotatable bonds is 10. The fourth-order valence-corrected chi connectivity index (χ4v) is 4.05. The van der Waals surface area contributed by atoms with E-state index < -0.39 is 11.9 Å². The number of nitrogens with zero attached hydrogens (tertiary/aromatic N) is 3. The lowest BCUT2D eigenvalue weighted by molar-refractivity contribution is -0.117. The summed E-state index contributed by atoms with van der Waals surface area (Å²) < 4.78 is 7.12. The zero-order valence-electron chi connectivity index (χ0n) is 16.5. The minimum Gasteiger partial charge on any atom is -0.382 e. The van der Waals surface area contributed by atoms with Gasteiger partial charge in [0.05, 0.1) is 10.6 Å². The van der Waals surface area contributed by atoms with Crippen LogP contribution in [0.25, 0.3) is 16.4 Å². The van der Waals surface area contributed by atoms with Gasteiger partial charge >= 0.3 is 6.03 Å². The Balaban J connectivity index is 1.60. The van der Waals surface area contributed by atoms with Crippen molar-refractivity contribution in [1.29, 1.82) is 0 Å². The molecular weight excluding hydrogens is 422 g/mol. The zero-order valence-corrected chi connectivity index (χ0v) is 18.2. The van der Waals surface area contributed by atoms with Crippen LogP contribution in [0, 0.1) is 0 Å². The van der Waals surface area contributed by atoms with Gasteiger partial charge in [-0.05, 0) is 36.9 Å². The van der Waals surface area contributed by atoms with E-state index in [2.05, 4.69) is 20.8 Å². The highest BCUT2D eigenvalue weighted by atomic mass is 32.2. The zero-order chi connectivity index (χ0) is 21.2. The molecule has 2 N–H and O–H groups in total. The summed E-state index contributed by atoms with van der Waals surface area (Å²) in [6, 6.07) is 13.1.